The van der Waals surface area contributed by atoms with E-state index < -0.39 is 32.0 Å². The quantitative estimate of drug-likeness (QED) is 0.124. The van der Waals surface area contributed by atoms with Crippen molar-refractivity contribution >= 4 is 70.3 Å². The first-order chi connectivity index (χ1) is 21.5. The number of imidazole rings is 1. The van der Waals surface area contributed by atoms with Crippen LogP contribution in [-0.4, -0.2) is 42.9 Å². The molecule has 10 nitrogen and oxygen atoms in total. The van der Waals surface area contributed by atoms with E-state index >= 15 is 0 Å². The fraction of sp³-hybridized carbons (Fsp3) is 0.182. The van der Waals surface area contributed by atoms with Crippen molar-refractivity contribution < 1.29 is 30.5 Å². The molecule has 0 unspecified atom stereocenters. The fourth-order valence-corrected chi connectivity index (χ4v) is 7.22. The van der Waals surface area contributed by atoms with E-state index in [0.717, 1.165) is 32.7 Å². The Balaban J connectivity index is 1.40. The highest BCUT2D eigenvalue weighted by Gasteiger charge is 2.31. The van der Waals surface area contributed by atoms with Gasteiger partial charge in [-0.25, -0.2) is 26.0 Å². The first kappa shape index (κ1) is 30.5. The molecule has 0 spiro atoms. The lowest BCUT2D eigenvalue weighted by molar-refractivity contribution is -0.654. The zero-order valence-electron chi connectivity index (χ0n) is 24.7. The number of aromatic nitrogens is 2. The summed E-state index contributed by atoms with van der Waals surface area (Å²) in [6.45, 7) is 4.96. The molecule has 4 aromatic carbocycles. The van der Waals surface area contributed by atoms with Crippen LogP contribution in [0.3, 0.4) is 0 Å². The summed E-state index contributed by atoms with van der Waals surface area (Å²) in [5, 5.41) is 3.83. The molecule has 0 aliphatic carbocycles. The molecule has 6 rings (SSSR count). The van der Waals surface area contributed by atoms with Gasteiger partial charge in [-0.05, 0) is 65.7 Å². The Morgan fingerprint density at radius 1 is 0.711 bits per heavy atom. The minimum Gasteiger partial charge on any atom is -0.747 e. The van der Waals surface area contributed by atoms with Crippen molar-refractivity contribution in [2.24, 2.45) is 0 Å². The van der Waals surface area contributed by atoms with Crippen molar-refractivity contribution in [3.63, 3.8) is 0 Å². The maximum atomic E-state index is 11.9. The Morgan fingerprint density at radius 2 is 1.29 bits per heavy atom. The number of rotatable bonds is 9. The summed E-state index contributed by atoms with van der Waals surface area (Å²) >= 11 is 0. The molecule has 0 N–H and O–H groups in total. The van der Waals surface area contributed by atoms with Gasteiger partial charge in [-0.2, -0.15) is 0 Å². The Labute approximate surface area is 261 Å². The third-order valence-corrected chi connectivity index (χ3v) is 9.02. The molecule has 0 saturated carbocycles. The van der Waals surface area contributed by atoms with Gasteiger partial charge in [-0.15, -0.1) is 0 Å². The van der Waals surface area contributed by atoms with Crippen LogP contribution in [0.5, 0.6) is 0 Å². The second-order valence-electron chi connectivity index (χ2n) is 10.7. The van der Waals surface area contributed by atoms with Crippen molar-refractivity contribution in [1.29, 1.82) is 0 Å². The topological polar surface area (TPSA) is 130 Å². The molecule has 0 amide bonds. The van der Waals surface area contributed by atoms with Crippen LogP contribution in [-0.2, 0) is 32.7 Å². The van der Waals surface area contributed by atoms with Crippen LogP contribution < -0.4 is 14.4 Å². The SMILES string of the molecule is CCN1C(=CC=CC=Cc2n(CC)c3cc4ccccc4cc3[n+]2CS(=O)(=O)[O-])N(CS(=O)(=O)[O-])c2cc3ccccc3cc21. The zero-order valence-corrected chi connectivity index (χ0v) is 26.3. The summed E-state index contributed by atoms with van der Waals surface area (Å²) in [6.07, 6.45) is 8.66. The van der Waals surface area contributed by atoms with Gasteiger partial charge in [-0.1, -0.05) is 66.8 Å². The molecule has 1 aliphatic heterocycles. The number of fused-ring (bicyclic) bond motifs is 4. The van der Waals surface area contributed by atoms with Crippen LogP contribution in [0.4, 0.5) is 11.4 Å². The Hall–Kier alpha value is -4.49. The largest absolute Gasteiger partial charge is 0.747 e. The van der Waals surface area contributed by atoms with E-state index in [1.807, 2.05) is 96.1 Å². The molecule has 0 radical (unpaired) electrons. The Kier molecular flexibility index (Phi) is 8.00. The maximum Gasteiger partial charge on any atom is 0.283 e. The highest BCUT2D eigenvalue weighted by Crippen LogP contribution is 2.44. The minimum absolute atomic E-state index is 0.533. The highest BCUT2D eigenvalue weighted by atomic mass is 32.2. The van der Waals surface area contributed by atoms with Crippen LogP contribution in [0.2, 0.25) is 0 Å². The third-order valence-electron chi connectivity index (χ3n) is 7.87. The number of aryl methyl sites for hydroxylation is 1. The standard InChI is InChI=1S/C33H32N4O6S2/c1-3-34-28-18-24-12-8-10-14-26(24)20-30(28)36(22-44(38,39)40)32(34)16-6-5-7-17-33-35(4-2)29-19-25-13-9-11-15-27(25)21-31(29)37(33)23-45(41,42)43/h5-21H,3-4,22-23H2,1-2H3,(H-,38,39,40,41,42,43)/p-1. The number of nitrogens with zero attached hydrogens (tertiary/aromatic N) is 4. The predicted octanol–water partition coefficient (Wildman–Crippen LogP) is 5.02. The number of anilines is 2. The Bertz CT molecular complexity index is 2270. The summed E-state index contributed by atoms with van der Waals surface area (Å²) in [5.41, 5.74) is 2.86. The van der Waals surface area contributed by atoms with Gasteiger partial charge in [0.05, 0.1) is 17.9 Å². The average Bonchev–Trinajstić information content (AvgIpc) is 3.42. The van der Waals surface area contributed by atoms with E-state index in [-0.39, 0.29) is 0 Å². The molecule has 12 heteroatoms. The Morgan fingerprint density at radius 3 is 1.84 bits per heavy atom. The molecular formula is C33H31N4O6S2-. The molecule has 0 atom stereocenters. The first-order valence-electron chi connectivity index (χ1n) is 14.4. The molecule has 0 fully saturated rings. The monoisotopic (exact) mass is 643 g/mol. The van der Waals surface area contributed by atoms with E-state index in [1.54, 1.807) is 30.4 Å². The van der Waals surface area contributed by atoms with Crippen LogP contribution in [0, 0.1) is 0 Å². The second kappa shape index (κ2) is 11.8. The normalized spacial score (nSPS) is 15.2. The summed E-state index contributed by atoms with van der Waals surface area (Å²) < 4.78 is 75.1. The molecular weight excluding hydrogens is 613 g/mol. The molecule has 5 aromatic rings. The van der Waals surface area contributed by atoms with E-state index in [9.17, 15) is 25.9 Å². The van der Waals surface area contributed by atoms with Gasteiger partial charge in [0.25, 0.3) is 5.82 Å². The van der Waals surface area contributed by atoms with Crippen molar-refractivity contribution in [2.45, 2.75) is 26.3 Å². The summed E-state index contributed by atoms with van der Waals surface area (Å²) in [5.74, 6) is -0.375. The molecule has 0 saturated heterocycles. The fourth-order valence-electron chi connectivity index (χ4n) is 6.04. The van der Waals surface area contributed by atoms with Crippen molar-refractivity contribution in [3.05, 3.63) is 109 Å². The number of hydrogen-bond acceptors (Lipinski definition) is 8. The summed E-state index contributed by atoms with van der Waals surface area (Å²) in [6, 6.07) is 23.2. The van der Waals surface area contributed by atoms with E-state index in [1.165, 1.54) is 9.47 Å². The average molecular weight is 644 g/mol. The number of hydrogen-bond donors (Lipinski definition) is 0. The van der Waals surface area contributed by atoms with Gasteiger partial charge < -0.3 is 18.9 Å². The van der Waals surface area contributed by atoms with Gasteiger partial charge in [0, 0.05) is 12.6 Å². The van der Waals surface area contributed by atoms with Gasteiger partial charge in [0.2, 0.25) is 0 Å². The summed E-state index contributed by atoms with van der Waals surface area (Å²) in [7, 11) is -9.21. The molecule has 1 aliphatic rings. The van der Waals surface area contributed by atoms with E-state index in [4.69, 9.17) is 0 Å². The lowest BCUT2D eigenvalue weighted by Gasteiger charge is -2.25. The van der Waals surface area contributed by atoms with Crippen LogP contribution >= 0.6 is 0 Å². The zero-order chi connectivity index (χ0) is 31.9. The third kappa shape index (κ3) is 6.09. The predicted molar refractivity (Wildman–Crippen MR) is 175 cm³/mol. The second-order valence-corrected chi connectivity index (χ2v) is 13.5. The van der Waals surface area contributed by atoms with Crippen LogP contribution in [0.15, 0.2) is 103 Å². The van der Waals surface area contributed by atoms with Crippen molar-refractivity contribution in [3.8, 4) is 0 Å². The summed E-state index contributed by atoms with van der Waals surface area (Å²) in [4.78, 5) is 3.46. The minimum atomic E-state index is -4.60. The van der Waals surface area contributed by atoms with Gasteiger partial charge in [-0.3, -0.25) is 0 Å². The smallest absolute Gasteiger partial charge is 0.283 e. The molecule has 45 heavy (non-hydrogen) atoms. The molecule has 1 aromatic heterocycles. The molecule has 232 valence electrons. The maximum absolute atomic E-state index is 11.9. The lowest BCUT2D eigenvalue weighted by Crippen LogP contribution is -2.40. The number of benzene rings is 4. The van der Waals surface area contributed by atoms with Crippen molar-refractivity contribution in [1.82, 2.24) is 4.57 Å². The van der Waals surface area contributed by atoms with Crippen LogP contribution in [0.1, 0.15) is 19.7 Å². The van der Waals surface area contributed by atoms with E-state index in [2.05, 4.69) is 0 Å². The highest BCUT2D eigenvalue weighted by molar-refractivity contribution is 7.85. The van der Waals surface area contributed by atoms with E-state index in [0.29, 0.717) is 35.9 Å². The van der Waals surface area contributed by atoms with Crippen molar-refractivity contribution in [2.75, 3.05) is 22.2 Å². The van der Waals surface area contributed by atoms with Gasteiger partial charge >= 0.3 is 0 Å². The molecule has 2 heterocycles. The number of allylic oxidation sites excluding steroid dienone is 4. The van der Waals surface area contributed by atoms with Gasteiger partial charge in [0.1, 0.15) is 31.9 Å². The first-order valence-corrected chi connectivity index (χ1v) is 17.6. The molecule has 0 bridgehead atoms. The van der Waals surface area contributed by atoms with Crippen LogP contribution in [0.25, 0.3) is 38.7 Å². The lowest BCUT2D eigenvalue weighted by atomic mass is 10.1. The van der Waals surface area contributed by atoms with Gasteiger partial charge in [0.15, 0.2) is 16.9 Å².